The molecular formula is C12H8N2O4S2. The smallest absolute Gasteiger partial charge is 0.286 e. The third-order valence-electron chi connectivity index (χ3n) is 2.88. The number of thioether (sulfide) groups is 2. The van der Waals surface area contributed by atoms with E-state index in [1.165, 1.54) is 0 Å². The van der Waals surface area contributed by atoms with Crippen molar-refractivity contribution in [3.05, 3.63) is 30.3 Å². The van der Waals surface area contributed by atoms with Gasteiger partial charge in [-0.3, -0.25) is 24.5 Å². The van der Waals surface area contributed by atoms with Gasteiger partial charge < -0.3 is 0 Å². The van der Waals surface area contributed by atoms with E-state index in [1.807, 2.05) is 0 Å². The number of para-hydroxylation sites is 1. The van der Waals surface area contributed by atoms with Crippen LogP contribution in [0.5, 0.6) is 0 Å². The minimum atomic E-state index is -0.862. The summed E-state index contributed by atoms with van der Waals surface area (Å²) in [6, 6.07) is 8.50. The van der Waals surface area contributed by atoms with Crippen LogP contribution in [-0.2, 0) is 9.59 Å². The highest BCUT2D eigenvalue weighted by Gasteiger charge is 2.50. The Balaban J connectivity index is 1.88. The normalized spacial score (nSPS) is 26.3. The number of hydrogen-bond acceptors (Lipinski definition) is 6. The quantitative estimate of drug-likeness (QED) is 0.893. The highest BCUT2D eigenvalue weighted by Crippen LogP contribution is 2.38. The second kappa shape index (κ2) is 4.95. The third-order valence-corrected chi connectivity index (χ3v) is 5.22. The Morgan fingerprint density at radius 3 is 2.25 bits per heavy atom. The number of rotatable bonds is 2. The molecule has 0 aromatic heterocycles. The molecule has 0 saturated carbocycles. The summed E-state index contributed by atoms with van der Waals surface area (Å²) in [6.07, 6.45) is 0. The summed E-state index contributed by atoms with van der Waals surface area (Å²) in [5.41, 5.74) is 0.465. The third kappa shape index (κ3) is 2.10. The van der Waals surface area contributed by atoms with Crippen LogP contribution in [0.3, 0.4) is 0 Å². The molecule has 0 unspecified atom stereocenters. The van der Waals surface area contributed by atoms with Gasteiger partial charge >= 0.3 is 0 Å². The van der Waals surface area contributed by atoms with Gasteiger partial charge in [0, 0.05) is 0 Å². The van der Waals surface area contributed by atoms with Gasteiger partial charge in [-0.25, -0.2) is 4.90 Å². The molecule has 8 heteroatoms. The van der Waals surface area contributed by atoms with Crippen molar-refractivity contribution < 1.29 is 19.2 Å². The van der Waals surface area contributed by atoms with Crippen LogP contribution in [0.15, 0.2) is 30.3 Å². The maximum absolute atomic E-state index is 12.3. The van der Waals surface area contributed by atoms with Gasteiger partial charge in [0.2, 0.25) is 11.8 Å². The lowest BCUT2D eigenvalue weighted by Crippen LogP contribution is -2.39. The Hall–Kier alpha value is -1.80. The van der Waals surface area contributed by atoms with Crippen LogP contribution in [0.1, 0.15) is 0 Å². The fourth-order valence-corrected chi connectivity index (χ4v) is 4.10. The molecule has 0 spiro atoms. The zero-order valence-corrected chi connectivity index (χ0v) is 11.6. The van der Waals surface area contributed by atoms with Gasteiger partial charge in [-0.2, -0.15) is 0 Å². The van der Waals surface area contributed by atoms with E-state index in [9.17, 15) is 19.2 Å². The molecule has 2 fully saturated rings. The minimum absolute atomic E-state index is 0.432. The number of carbonyl (C=O) groups excluding carboxylic acids is 4. The van der Waals surface area contributed by atoms with Crippen LogP contribution in [0, 0.1) is 0 Å². The van der Waals surface area contributed by atoms with Crippen molar-refractivity contribution in [3.8, 4) is 0 Å². The standard InChI is InChI=1S/C12H8N2O4S2/c15-9-7(19-11(17)13-9)8-10(16)14(12(18)20-8)6-4-2-1-3-5-6/h1-5,7-8H,(H,13,15,17)/t7-,8+/m0/s1. The Labute approximate surface area is 122 Å². The molecule has 0 bridgehead atoms. The van der Waals surface area contributed by atoms with E-state index in [4.69, 9.17) is 0 Å². The highest BCUT2D eigenvalue weighted by atomic mass is 32.2. The second-order valence-electron chi connectivity index (χ2n) is 4.13. The van der Waals surface area contributed by atoms with Crippen molar-refractivity contribution in [3.63, 3.8) is 0 Å². The first kappa shape index (κ1) is 13.2. The van der Waals surface area contributed by atoms with Crippen LogP contribution in [0.25, 0.3) is 0 Å². The molecule has 0 aliphatic carbocycles. The van der Waals surface area contributed by atoms with Gasteiger partial charge in [0.1, 0.15) is 10.5 Å². The van der Waals surface area contributed by atoms with Crippen LogP contribution in [-0.4, -0.2) is 32.8 Å². The van der Waals surface area contributed by atoms with E-state index in [2.05, 4.69) is 5.32 Å². The fraction of sp³-hybridized carbons (Fsp3) is 0.167. The molecule has 1 aromatic carbocycles. The lowest BCUT2D eigenvalue weighted by atomic mass is 10.2. The van der Waals surface area contributed by atoms with E-state index in [0.717, 1.165) is 28.4 Å². The molecule has 2 aliphatic rings. The SMILES string of the molecule is O=C1NC(=O)[C@H]([C@H]2SC(=O)N(c3ccccc3)C2=O)S1. The molecule has 20 heavy (non-hydrogen) atoms. The van der Waals surface area contributed by atoms with Crippen molar-refractivity contribution in [2.45, 2.75) is 10.5 Å². The number of benzene rings is 1. The molecule has 2 saturated heterocycles. The number of hydrogen-bond donors (Lipinski definition) is 1. The topological polar surface area (TPSA) is 83.6 Å². The molecule has 3 rings (SSSR count). The first-order valence-electron chi connectivity index (χ1n) is 5.69. The number of anilines is 1. The molecule has 2 aliphatic heterocycles. The summed E-state index contributed by atoms with van der Waals surface area (Å²) in [5.74, 6) is -0.984. The average molecular weight is 308 g/mol. The predicted octanol–water partition coefficient (Wildman–Crippen LogP) is 1.61. The summed E-state index contributed by atoms with van der Waals surface area (Å²) in [5, 5.41) is -0.506. The summed E-state index contributed by atoms with van der Waals surface area (Å²) in [6.45, 7) is 0. The zero-order chi connectivity index (χ0) is 14.3. The van der Waals surface area contributed by atoms with Crippen molar-refractivity contribution in [2.24, 2.45) is 0 Å². The molecule has 6 nitrogen and oxygen atoms in total. The second-order valence-corrected chi connectivity index (χ2v) is 6.34. The minimum Gasteiger partial charge on any atom is -0.286 e. The Kier molecular flexibility index (Phi) is 3.27. The van der Waals surface area contributed by atoms with Crippen LogP contribution in [0.4, 0.5) is 15.3 Å². The maximum Gasteiger partial charge on any atom is 0.293 e. The van der Waals surface area contributed by atoms with Crippen molar-refractivity contribution >= 4 is 51.5 Å². The Morgan fingerprint density at radius 2 is 1.65 bits per heavy atom. The number of amides is 4. The van der Waals surface area contributed by atoms with Gasteiger partial charge in [-0.1, -0.05) is 18.2 Å². The van der Waals surface area contributed by atoms with E-state index in [1.54, 1.807) is 30.3 Å². The summed E-state index contributed by atoms with van der Waals surface area (Å²) >= 11 is 1.54. The van der Waals surface area contributed by atoms with Gasteiger partial charge in [-0.15, -0.1) is 0 Å². The van der Waals surface area contributed by atoms with E-state index >= 15 is 0 Å². The van der Waals surface area contributed by atoms with Gasteiger partial charge in [0.25, 0.3) is 10.5 Å². The Morgan fingerprint density at radius 1 is 0.950 bits per heavy atom. The molecule has 4 amide bonds. The predicted molar refractivity (Wildman–Crippen MR) is 75.6 cm³/mol. The van der Waals surface area contributed by atoms with E-state index in [0.29, 0.717) is 5.69 Å². The number of nitrogens with zero attached hydrogens (tertiary/aromatic N) is 1. The molecule has 0 radical (unpaired) electrons. The number of nitrogens with one attached hydrogen (secondary N) is 1. The molecular weight excluding hydrogens is 300 g/mol. The summed E-state index contributed by atoms with van der Waals surface area (Å²) < 4.78 is 0. The van der Waals surface area contributed by atoms with Gasteiger partial charge in [0.15, 0.2) is 0 Å². The summed E-state index contributed by atoms with van der Waals surface area (Å²) in [7, 11) is 0. The van der Waals surface area contributed by atoms with Crippen LogP contribution >= 0.6 is 23.5 Å². The first-order chi connectivity index (χ1) is 9.58. The molecule has 2 heterocycles. The van der Waals surface area contributed by atoms with Crippen molar-refractivity contribution in [2.75, 3.05) is 4.90 Å². The number of carbonyl (C=O) groups is 4. The number of imide groups is 2. The lowest BCUT2D eigenvalue weighted by Gasteiger charge is -2.14. The average Bonchev–Trinajstić information content (AvgIpc) is 2.90. The van der Waals surface area contributed by atoms with Gasteiger partial charge in [-0.05, 0) is 35.7 Å². The zero-order valence-electron chi connectivity index (χ0n) is 9.94. The van der Waals surface area contributed by atoms with E-state index in [-0.39, 0.29) is 0 Å². The molecule has 102 valence electrons. The monoisotopic (exact) mass is 308 g/mol. The highest BCUT2D eigenvalue weighted by molar-refractivity contribution is 8.19. The van der Waals surface area contributed by atoms with Crippen molar-refractivity contribution in [1.82, 2.24) is 5.32 Å². The lowest BCUT2D eigenvalue weighted by molar-refractivity contribution is -0.122. The molecule has 1 aromatic rings. The Bertz CT molecular complexity index is 619. The van der Waals surface area contributed by atoms with Crippen LogP contribution < -0.4 is 10.2 Å². The van der Waals surface area contributed by atoms with Crippen molar-refractivity contribution in [1.29, 1.82) is 0 Å². The maximum atomic E-state index is 12.3. The summed E-state index contributed by atoms with van der Waals surface area (Å²) in [4.78, 5) is 48.2. The van der Waals surface area contributed by atoms with Gasteiger partial charge in [0.05, 0.1) is 5.69 Å². The molecule has 2 atom stereocenters. The van der Waals surface area contributed by atoms with E-state index < -0.39 is 32.8 Å². The molecule has 1 N–H and O–H groups in total. The first-order valence-corrected chi connectivity index (χ1v) is 7.45. The fourth-order valence-electron chi connectivity index (χ4n) is 2.00. The van der Waals surface area contributed by atoms with Crippen LogP contribution in [0.2, 0.25) is 0 Å². The largest absolute Gasteiger partial charge is 0.293 e.